The molecular formula is C18H20O6S2. The van der Waals surface area contributed by atoms with Crippen LogP contribution in [0.15, 0.2) is 34.1 Å². The van der Waals surface area contributed by atoms with Crippen LogP contribution in [0, 0.1) is 0 Å². The van der Waals surface area contributed by atoms with Crippen LogP contribution >= 0.6 is 23.5 Å². The predicted octanol–water partition coefficient (Wildman–Crippen LogP) is 3.47. The van der Waals surface area contributed by atoms with Gasteiger partial charge in [-0.2, -0.15) is 0 Å². The summed E-state index contributed by atoms with van der Waals surface area (Å²) < 4.78 is 16.7. The number of hydrogen-bond acceptors (Lipinski definition) is 8. The zero-order valence-corrected chi connectivity index (χ0v) is 16.8. The first-order chi connectivity index (χ1) is 12.2. The lowest BCUT2D eigenvalue weighted by Crippen LogP contribution is -2.52. The highest BCUT2D eigenvalue weighted by atomic mass is 32.2. The number of Topliss-reactive ketones (excluding diaryl/α,β-unsaturated/α-hetero) is 1. The van der Waals surface area contributed by atoms with E-state index in [0.29, 0.717) is 16.9 Å². The molecule has 0 amide bonds. The first kappa shape index (κ1) is 20.4. The van der Waals surface area contributed by atoms with E-state index < -0.39 is 28.8 Å². The average Bonchev–Trinajstić information content (AvgIpc) is 2.59. The lowest BCUT2D eigenvalue weighted by molar-refractivity contribution is -0.222. The van der Waals surface area contributed by atoms with Crippen LogP contribution in [0.2, 0.25) is 0 Å². The lowest BCUT2D eigenvalue weighted by atomic mass is 9.95. The number of ether oxygens (including phenoxy) is 3. The Bertz CT molecular complexity index is 737. The summed E-state index contributed by atoms with van der Waals surface area (Å²) in [6, 6.07) is 6.97. The van der Waals surface area contributed by atoms with Crippen molar-refractivity contribution in [2.75, 3.05) is 13.4 Å². The summed E-state index contributed by atoms with van der Waals surface area (Å²) in [5.41, 5.74) is 1.07. The van der Waals surface area contributed by atoms with Gasteiger partial charge in [-0.3, -0.25) is 14.4 Å². The van der Waals surface area contributed by atoms with Crippen LogP contribution in [0.4, 0.5) is 0 Å². The minimum absolute atomic E-state index is 0.398. The van der Waals surface area contributed by atoms with Crippen molar-refractivity contribution in [2.45, 2.75) is 31.8 Å². The first-order valence-corrected chi connectivity index (χ1v) is 9.85. The van der Waals surface area contributed by atoms with Gasteiger partial charge in [0.05, 0.1) is 7.11 Å². The molecule has 1 aliphatic heterocycles. The zero-order valence-electron chi connectivity index (χ0n) is 15.2. The number of rotatable bonds is 5. The molecule has 1 heterocycles. The SMILES string of the molecule is COc1ccc(C2SC(SC)=C(C)C(=O)C2(OC(C)=O)OC(C)=O)cc1. The third-order valence-corrected chi connectivity index (χ3v) is 6.53. The highest BCUT2D eigenvalue weighted by molar-refractivity contribution is 8.22. The Morgan fingerprint density at radius 1 is 1.12 bits per heavy atom. The number of ketones is 1. The molecule has 0 radical (unpaired) electrons. The molecule has 0 bridgehead atoms. The van der Waals surface area contributed by atoms with Crippen molar-refractivity contribution in [3.63, 3.8) is 0 Å². The van der Waals surface area contributed by atoms with Crippen LogP contribution in [-0.2, 0) is 23.9 Å². The molecule has 2 rings (SSSR count). The molecule has 1 atom stereocenters. The van der Waals surface area contributed by atoms with E-state index in [1.807, 2.05) is 6.26 Å². The highest BCUT2D eigenvalue weighted by Gasteiger charge is 2.57. The Balaban J connectivity index is 2.65. The molecule has 0 fully saturated rings. The largest absolute Gasteiger partial charge is 0.497 e. The van der Waals surface area contributed by atoms with Gasteiger partial charge in [-0.05, 0) is 30.9 Å². The number of esters is 2. The van der Waals surface area contributed by atoms with E-state index >= 15 is 0 Å². The average molecular weight is 396 g/mol. The van der Waals surface area contributed by atoms with Gasteiger partial charge in [-0.25, -0.2) is 0 Å². The van der Waals surface area contributed by atoms with E-state index in [1.165, 1.54) is 37.4 Å². The van der Waals surface area contributed by atoms with Crippen molar-refractivity contribution < 1.29 is 28.6 Å². The van der Waals surface area contributed by atoms with E-state index in [4.69, 9.17) is 14.2 Å². The van der Waals surface area contributed by atoms with E-state index in [9.17, 15) is 14.4 Å². The molecule has 0 saturated carbocycles. The molecule has 1 unspecified atom stereocenters. The highest BCUT2D eigenvalue weighted by Crippen LogP contribution is 2.54. The molecule has 8 heteroatoms. The Kier molecular flexibility index (Phi) is 6.41. The maximum atomic E-state index is 13.1. The van der Waals surface area contributed by atoms with Crippen LogP contribution in [-0.4, -0.2) is 36.9 Å². The Hall–Kier alpha value is -1.93. The van der Waals surface area contributed by atoms with Gasteiger partial charge in [-0.15, -0.1) is 23.5 Å². The van der Waals surface area contributed by atoms with Crippen molar-refractivity contribution >= 4 is 41.2 Å². The molecule has 26 heavy (non-hydrogen) atoms. The molecular weight excluding hydrogens is 376 g/mol. The van der Waals surface area contributed by atoms with Gasteiger partial charge in [0.25, 0.3) is 0 Å². The molecule has 0 aromatic heterocycles. The monoisotopic (exact) mass is 396 g/mol. The summed E-state index contributed by atoms with van der Waals surface area (Å²) in [6.07, 6.45) is 1.86. The smallest absolute Gasteiger partial charge is 0.336 e. The number of hydrogen-bond donors (Lipinski definition) is 0. The molecule has 6 nitrogen and oxygen atoms in total. The number of benzene rings is 1. The first-order valence-electron chi connectivity index (χ1n) is 7.74. The summed E-state index contributed by atoms with van der Waals surface area (Å²) in [5, 5.41) is -0.736. The molecule has 1 aliphatic rings. The molecule has 1 aromatic rings. The van der Waals surface area contributed by atoms with Crippen molar-refractivity contribution in [2.24, 2.45) is 0 Å². The number of methoxy groups -OCH3 is 1. The molecule has 0 aliphatic carbocycles. The van der Waals surface area contributed by atoms with Crippen molar-refractivity contribution in [1.29, 1.82) is 0 Å². The molecule has 0 spiro atoms. The molecule has 0 N–H and O–H groups in total. The summed E-state index contributed by atoms with van der Waals surface area (Å²) >= 11 is 2.75. The second-order valence-electron chi connectivity index (χ2n) is 5.57. The Morgan fingerprint density at radius 2 is 1.65 bits per heavy atom. The standard InChI is InChI=1S/C18H20O6S2/c1-10-15(21)18(23-11(2)19,24-12(3)20)16(26-17(10)25-5)13-6-8-14(22-4)9-7-13/h6-9,16H,1-5H3. The maximum Gasteiger partial charge on any atom is 0.336 e. The predicted molar refractivity (Wildman–Crippen MR) is 101 cm³/mol. The van der Waals surface area contributed by atoms with Crippen LogP contribution in [0.25, 0.3) is 0 Å². The Labute approximate surface area is 160 Å². The zero-order chi connectivity index (χ0) is 19.5. The normalized spacial score (nSPS) is 19.1. The summed E-state index contributed by atoms with van der Waals surface area (Å²) in [5.74, 6) is -3.35. The molecule has 1 aromatic carbocycles. The number of carbonyl (C=O) groups excluding carboxylic acids is 3. The summed E-state index contributed by atoms with van der Waals surface area (Å²) in [6.45, 7) is 3.99. The fourth-order valence-corrected chi connectivity index (χ4v) is 4.87. The van der Waals surface area contributed by atoms with Gasteiger partial charge in [0.1, 0.15) is 11.0 Å². The van der Waals surface area contributed by atoms with Gasteiger partial charge in [-0.1, -0.05) is 12.1 Å². The van der Waals surface area contributed by atoms with E-state index in [-0.39, 0.29) is 0 Å². The van der Waals surface area contributed by atoms with Gasteiger partial charge in [0, 0.05) is 23.7 Å². The van der Waals surface area contributed by atoms with Crippen LogP contribution in [0.3, 0.4) is 0 Å². The van der Waals surface area contributed by atoms with Crippen molar-refractivity contribution in [3.05, 3.63) is 39.6 Å². The van der Waals surface area contributed by atoms with Crippen molar-refractivity contribution in [3.8, 4) is 5.75 Å². The van der Waals surface area contributed by atoms with Crippen LogP contribution in [0.1, 0.15) is 31.6 Å². The molecule has 0 saturated heterocycles. The van der Waals surface area contributed by atoms with Gasteiger partial charge >= 0.3 is 17.7 Å². The maximum absolute atomic E-state index is 13.1. The van der Waals surface area contributed by atoms with Gasteiger partial charge in [0.15, 0.2) is 0 Å². The van der Waals surface area contributed by atoms with Crippen LogP contribution < -0.4 is 4.74 Å². The third kappa shape index (κ3) is 3.91. The fourth-order valence-electron chi connectivity index (χ4n) is 2.66. The number of carbonyl (C=O) groups is 3. The minimum atomic E-state index is -2.04. The summed E-state index contributed by atoms with van der Waals surface area (Å²) in [4.78, 5) is 36.7. The quantitative estimate of drug-likeness (QED) is 0.553. The molecule has 140 valence electrons. The second-order valence-corrected chi connectivity index (χ2v) is 7.76. The Morgan fingerprint density at radius 3 is 2.08 bits per heavy atom. The van der Waals surface area contributed by atoms with E-state index in [1.54, 1.807) is 38.3 Å². The third-order valence-electron chi connectivity index (χ3n) is 3.73. The number of thioether (sulfide) groups is 2. The minimum Gasteiger partial charge on any atom is -0.497 e. The van der Waals surface area contributed by atoms with E-state index in [2.05, 4.69) is 0 Å². The van der Waals surface area contributed by atoms with Crippen molar-refractivity contribution in [1.82, 2.24) is 0 Å². The lowest BCUT2D eigenvalue weighted by Gasteiger charge is -2.40. The van der Waals surface area contributed by atoms with E-state index in [0.717, 1.165) is 4.24 Å². The van der Waals surface area contributed by atoms with Crippen LogP contribution in [0.5, 0.6) is 5.75 Å². The topological polar surface area (TPSA) is 78.9 Å². The summed E-state index contributed by atoms with van der Waals surface area (Å²) in [7, 11) is 1.55. The second kappa shape index (κ2) is 8.18. The fraction of sp³-hybridized carbons (Fsp3) is 0.389. The van der Waals surface area contributed by atoms with Gasteiger partial charge in [0.2, 0.25) is 5.78 Å². The van der Waals surface area contributed by atoms with Gasteiger partial charge < -0.3 is 14.2 Å².